The normalized spacial score (nSPS) is 10.4. The number of aryl methyl sites for hydroxylation is 1. The van der Waals surface area contributed by atoms with Gasteiger partial charge in [-0.1, -0.05) is 6.07 Å². The molecule has 2 N–H and O–H groups in total. The minimum atomic E-state index is -0.101. The molecule has 0 aliphatic heterocycles. The molecule has 6 nitrogen and oxygen atoms in total. The summed E-state index contributed by atoms with van der Waals surface area (Å²) in [6.07, 6.45) is 0. The molecule has 0 fully saturated rings. The number of hydrogen-bond donors (Lipinski definition) is 2. The number of anilines is 1. The Morgan fingerprint density at radius 3 is 3.00 bits per heavy atom. The third-order valence-corrected chi connectivity index (χ3v) is 2.23. The molecule has 0 aromatic carbocycles. The van der Waals surface area contributed by atoms with E-state index in [1.54, 1.807) is 11.6 Å². The van der Waals surface area contributed by atoms with Gasteiger partial charge in [-0.15, -0.1) is 5.10 Å². The Morgan fingerprint density at radius 2 is 2.31 bits per heavy atom. The van der Waals surface area contributed by atoms with Crippen LogP contribution >= 0.6 is 0 Å². The maximum absolute atomic E-state index is 11.0. The average molecular weight is 219 g/mol. The summed E-state index contributed by atoms with van der Waals surface area (Å²) in [6, 6.07) is 5.73. The molecule has 1 amide bonds. The van der Waals surface area contributed by atoms with E-state index in [0.29, 0.717) is 5.95 Å². The zero-order chi connectivity index (χ0) is 11.5. The SMILES string of the molecule is CNC(=O)CNc1nc2cccc(C)n2n1. The molecule has 0 radical (unpaired) electrons. The van der Waals surface area contributed by atoms with Gasteiger partial charge in [0.15, 0.2) is 5.65 Å². The second kappa shape index (κ2) is 4.18. The molecule has 0 atom stereocenters. The smallest absolute Gasteiger partial charge is 0.243 e. The predicted molar refractivity (Wildman–Crippen MR) is 60.3 cm³/mol. The van der Waals surface area contributed by atoms with Crippen LogP contribution in [0, 0.1) is 6.92 Å². The first kappa shape index (κ1) is 10.4. The van der Waals surface area contributed by atoms with E-state index in [1.807, 2.05) is 25.1 Å². The molecule has 84 valence electrons. The number of nitrogens with one attached hydrogen (secondary N) is 2. The van der Waals surface area contributed by atoms with Crippen LogP contribution in [0.25, 0.3) is 5.65 Å². The summed E-state index contributed by atoms with van der Waals surface area (Å²) in [5, 5.41) is 9.61. The number of hydrogen-bond acceptors (Lipinski definition) is 4. The Bertz CT molecular complexity index is 519. The van der Waals surface area contributed by atoms with Crippen LogP contribution in [0.1, 0.15) is 5.69 Å². The zero-order valence-electron chi connectivity index (χ0n) is 9.19. The van der Waals surface area contributed by atoms with Crippen molar-refractivity contribution in [2.45, 2.75) is 6.92 Å². The number of fused-ring (bicyclic) bond motifs is 1. The zero-order valence-corrected chi connectivity index (χ0v) is 9.19. The van der Waals surface area contributed by atoms with E-state index in [1.165, 1.54) is 0 Å². The Morgan fingerprint density at radius 1 is 1.50 bits per heavy atom. The largest absolute Gasteiger partial charge is 0.358 e. The number of amides is 1. The fourth-order valence-corrected chi connectivity index (χ4v) is 1.36. The summed E-state index contributed by atoms with van der Waals surface area (Å²) in [6.45, 7) is 2.12. The summed E-state index contributed by atoms with van der Waals surface area (Å²) < 4.78 is 1.73. The molecule has 0 spiro atoms. The molecular formula is C10H13N5O. The first-order chi connectivity index (χ1) is 7.70. The van der Waals surface area contributed by atoms with Crippen molar-refractivity contribution in [3.8, 4) is 0 Å². The molecule has 0 saturated carbocycles. The van der Waals surface area contributed by atoms with Gasteiger partial charge in [0, 0.05) is 12.7 Å². The number of nitrogens with zero attached hydrogens (tertiary/aromatic N) is 3. The summed E-state index contributed by atoms with van der Waals surface area (Å²) >= 11 is 0. The van der Waals surface area contributed by atoms with Crippen molar-refractivity contribution in [3.05, 3.63) is 23.9 Å². The van der Waals surface area contributed by atoms with E-state index in [4.69, 9.17) is 0 Å². The number of carbonyl (C=O) groups is 1. The molecule has 2 aromatic heterocycles. The van der Waals surface area contributed by atoms with Gasteiger partial charge in [0.1, 0.15) is 0 Å². The van der Waals surface area contributed by atoms with Gasteiger partial charge in [-0.3, -0.25) is 4.79 Å². The summed E-state index contributed by atoms with van der Waals surface area (Å²) in [5.41, 5.74) is 1.76. The van der Waals surface area contributed by atoms with Crippen LogP contribution in [0.2, 0.25) is 0 Å². The lowest BCUT2D eigenvalue weighted by Crippen LogP contribution is -2.26. The van der Waals surface area contributed by atoms with E-state index >= 15 is 0 Å². The quantitative estimate of drug-likeness (QED) is 0.773. The second-order valence-electron chi connectivity index (χ2n) is 3.40. The van der Waals surface area contributed by atoms with Crippen molar-refractivity contribution in [2.24, 2.45) is 0 Å². The molecule has 2 rings (SSSR count). The van der Waals surface area contributed by atoms with Crippen LogP contribution in [0.3, 0.4) is 0 Å². The molecular weight excluding hydrogens is 206 g/mol. The van der Waals surface area contributed by atoms with Gasteiger partial charge < -0.3 is 10.6 Å². The standard InChI is InChI=1S/C10H13N5O/c1-7-4-3-5-8-13-10(14-15(7)8)12-6-9(16)11-2/h3-5H,6H2,1-2H3,(H,11,16)(H,12,14). The molecule has 0 saturated heterocycles. The Kier molecular flexibility index (Phi) is 2.72. The van der Waals surface area contributed by atoms with Crippen molar-refractivity contribution in [2.75, 3.05) is 18.9 Å². The highest BCUT2D eigenvalue weighted by molar-refractivity contribution is 5.79. The maximum atomic E-state index is 11.0. The van der Waals surface area contributed by atoms with Crippen molar-refractivity contribution < 1.29 is 4.79 Å². The Labute approximate surface area is 92.7 Å². The van der Waals surface area contributed by atoms with Gasteiger partial charge in [-0.2, -0.15) is 4.98 Å². The fraction of sp³-hybridized carbons (Fsp3) is 0.300. The van der Waals surface area contributed by atoms with E-state index in [0.717, 1.165) is 11.3 Å². The van der Waals surface area contributed by atoms with Crippen LogP contribution in [0.15, 0.2) is 18.2 Å². The minimum Gasteiger partial charge on any atom is -0.358 e. The van der Waals surface area contributed by atoms with E-state index in [2.05, 4.69) is 20.7 Å². The van der Waals surface area contributed by atoms with Gasteiger partial charge in [0.05, 0.1) is 6.54 Å². The van der Waals surface area contributed by atoms with E-state index < -0.39 is 0 Å². The number of carbonyl (C=O) groups excluding carboxylic acids is 1. The topological polar surface area (TPSA) is 71.3 Å². The molecule has 6 heteroatoms. The molecule has 16 heavy (non-hydrogen) atoms. The van der Waals surface area contributed by atoms with Gasteiger partial charge >= 0.3 is 0 Å². The molecule has 2 aromatic rings. The molecule has 0 aliphatic carbocycles. The monoisotopic (exact) mass is 219 g/mol. The van der Waals surface area contributed by atoms with E-state index in [-0.39, 0.29) is 12.5 Å². The van der Waals surface area contributed by atoms with Crippen LogP contribution < -0.4 is 10.6 Å². The van der Waals surface area contributed by atoms with Gasteiger partial charge in [0.2, 0.25) is 11.9 Å². The van der Waals surface area contributed by atoms with Crippen molar-refractivity contribution in [1.82, 2.24) is 19.9 Å². The van der Waals surface area contributed by atoms with Crippen LogP contribution in [0.5, 0.6) is 0 Å². The van der Waals surface area contributed by atoms with Crippen molar-refractivity contribution >= 4 is 17.5 Å². The summed E-state index contributed by atoms with van der Waals surface area (Å²) in [7, 11) is 1.59. The molecule has 0 unspecified atom stereocenters. The van der Waals surface area contributed by atoms with Crippen molar-refractivity contribution in [3.63, 3.8) is 0 Å². The summed E-state index contributed by atoms with van der Waals surface area (Å²) in [5.74, 6) is 0.355. The highest BCUT2D eigenvalue weighted by atomic mass is 16.1. The molecule has 0 bridgehead atoms. The molecule has 0 aliphatic rings. The molecule has 2 heterocycles. The lowest BCUT2D eigenvalue weighted by Gasteiger charge is -1.98. The lowest BCUT2D eigenvalue weighted by atomic mass is 10.4. The average Bonchev–Trinajstić information content (AvgIpc) is 2.70. The lowest BCUT2D eigenvalue weighted by molar-refractivity contribution is -0.118. The fourth-order valence-electron chi connectivity index (χ4n) is 1.36. The van der Waals surface area contributed by atoms with Crippen molar-refractivity contribution in [1.29, 1.82) is 0 Å². The number of aromatic nitrogens is 3. The Hall–Kier alpha value is -2.11. The van der Waals surface area contributed by atoms with Gasteiger partial charge in [-0.05, 0) is 19.1 Å². The van der Waals surface area contributed by atoms with Gasteiger partial charge in [0.25, 0.3) is 0 Å². The number of pyridine rings is 1. The van der Waals surface area contributed by atoms with E-state index in [9.17, 15) is 4.79 Å². The maximum Gasteiger partial charge on any atom is 0.243 e. The predicted octanol–water partition coefficient (Wildman–Crippen LogP) is 0.196. The first-order valence-electron chi connectivity index (χ1n) is 4.97. The van der Waals surface area contributed by atoms with Crippen LogP contribution in [-0.4, -0.2) is 34.1 Å². The number of rotatable bonds is 3. The third-order valence-electron chi connectivity index (χ3n) is 2.23. The summed E-state index contributed by atoms with van der Waals surface area (Å²) in [4.78, 5) is 15.3. The van der Waals surface area contributed by atoms with Crippen LogP contribution in [-0.2, 0) is 4.79 Å². The first-order valence-corrected chi connectivity index (χ1v) is 4.97. The number of likely N-dealkylation sites (N-methyl/N-ethyl adjacent to an activating group) is 1. The van der Waals surface area contributed by atoms with Gasteiger partial charge in [-0.25, -0.2) is 4.52 Å². The van der Waals surface area contributed by atoms with Crippen LogP contribution in [0.4, 0.5) is 5.95 Å². The highest BCUT2D eigenvalue weighted by Crippen LogP contribution is 2.07. The third kappa shape index (κ3) is 1.95. The Balaban J connectivity index is 2.20. The highest BCUT2D eigenvalue weighted by Gasteiger charge is 2.05. The minimum absolute atomic E-state index is 0.101. The second-order valence-corrected chi connectivity index (χ2v) is 3.40.